The van der Waals surface area contributed by atoms with E-state index >= 15 is 0 Å². The molecule has 2 aromatic carbocycles. The van der Waals surface area contributed by atoms with Gasteiger partial charge in [-0.1, -0.05) is 42.5 Å². The molecule has 2 atom stereocenters. The number of hydrogen-bond acceptors (Lipinski definition) is 3. The maximum Gasteiger partial charge on any atom is 0.258 e. The quantitative estimate of drug-likeness (QED) is 0.818. The average Bonchev–Trinajstić information content (AvgIpc) is 2.75. The summed E-state index contributed by atoms with van der Waals surface area (Å²) in [5, 5.41) is 13.9. The van der Waals surface area contributed by atoms with Crippen LogP contribution in [0.2, 0.25) is 0 Å². The van der Waals surface area contributed by atoms with Gasteiger partial charge >= 0.3 is 0 Å². The third-order valence-corrected chi connectivity index (χ3v) is 6.83. The highest BCUT2D eigenvalue weighted by Crippen LogP contribution is 2.49. The summed E-state index contributed by atoms with van der Waals surface area (Å²) in [5.41, 5.74) is -0.286. The molecule has 2 amide bonds. The highest BCUT2D eigenvalue weighted by atomic mass is 19.1. The molecule has 2 aromatic rings. The second-order valence-corrected chi connectivity index (χ2v) is 8.68. The number of benzene rings is 2. The van der Waals surface area contributed by atoms with Crippen molar-refractivity contribution in [2.24, 2.45) is 5.41 Å². The summed E-state index contributed by atoms with van der Waals surface area (Å²) in [6.45, 7) is 3.00. The normalized spacial score (nSPS) is 23.0. The molecule has 0 bridgehead atoms. The van der Waals surface area contributed by atoms with E-state index in [0.29, 0.717) is 44.5 Å². The van der Waals surface area contributed by atoms with Crippen LogP contribution < -0.4 is 5.32 Å². The lowest BCUT2D eigenvalue weighted by atomic mass is 9.62. The third-order valence-electron chi connectivity index (χ3n) is 6.83. The van der Waals surface area contributed by atoms with Gasteiger partial charge in [0.15, 0.2) is 5.60 Å². The minimum Gasteiger partial charge on any atom is -0.376 e. The van der Waals surface area contributed by atoms with Gasteiger partial charge in [-0.2, -0.15) is 0 Å². The Labute approximate surface area is 175 Å². The minimum absolute atomic E-state index is 0.0180. The Morgan fingerprint density at radius 1 is 1.13 bits per heavy atom. The zero-order valence-corrected chi connectivity index (χ0v) is 17.1. The predicted octanol–water partition coefficient (Wildman–Crippen LogP) is 2.95. The summed E-state index contributed by atoms with van der Waals surface area (Å²) < 4.78 is 13.4. The van der Waals surface area contributed by atoms with Crippen LogP contribution in [0.4, 0.5) is 4.39 Å². The van der Waals surface area contributed by atoms with Gasteiger partial charge in [0.1, 0.15) is 5.82 Å². The van der Waals surface area contributed by atoms with Gasteiger partial charge in [-0.15, -0.1) is 0 Å². The number of nitrogens with one attached hydrogen (secondary N) is 1. The van der Waals surface area contributed by atoms with Gasteiger partial charge in [0.2, 0.25) is 5.91 Å². The van der Waals surface area contributed by atoms with Crippen LogP contribution in [0.3, 0.4) is 0 Å². The van der Waals surface area contributed by atoms with Crippen LogP contribution in [0.15, 0.2) is 54.6 Å². The van der Waals surface area contributed by atoms with E-state index in [2.05, 4.69) is 5.32 Å². The number of carbonyl (C=O) groups is 2. The first kappa shape index (κ1) is 20.5. The number of amides is 2. The fourth-order valence-electron chi connectivity index (χ4n) is 4.98. The molecule has 2 unspecified atom stereocenters. The third kappa shape index (κ3) is 3.72. The first-order valence-corrected chi connectivity index (χ1v) is 10.4. The molecule has 2 fully saturated rings. The van der Waals surface area contributed by atoms with E-state index in [1.807, 2.05) is 6.07 Å². The molecule has 0 aromatic heterocycles. The number of likely N-dealkylation sites (tertiary alicyclic amines) is 1. The topological polar surface area (TPSA) is 69.6 Å². The second-order valence-electron chi connectivity index (χ2n) is 8.68. The number of halogens is 1. The summed E-state index contributed by atoms with van der Waals surface area (Å²) in [7, 11) is 0. The Bertz CT molecular complexity index is 919. The van der Waals surface area contributed by atoms with Crippen molar-refractivity contribution in [3.05, 3.63) is 71.5 Å². The number of carbonyl (C=O) groups excluding carboxylic acids is 2. The van der Waals surface area contributed by atoms with Crippen molar-refractivity contribution in [2.75, 3.05) is 19.6 Å². The van der Waals surface area contributed by atoms with E-state index in [1.54, 1.807) is 41.3 Å². The molecule has 30 heavy (non-hydrogen) atoms. The zero-order chi connectivity index (χ0) is 21.4. The molecule has 0 saturated carbocycles. The first-order valence-electron chi connectivity index (χ1n) is 10.4. The van der Waals surface area contributed by atoms with Crippen molar-refractivity contribution < 1.29 is 19.1 Å². The van der Waals surface area contributed by atoms with Gasteiger partial charge in [0, 0.05) is 32.0 Å². The summed E-state index contributed by atoms with van der Waals surface area (Å²) in [6.07, 6.45) is 1.73. The number of aliphatic hydroxyl groups is 1. The smallest absolute Gasteiger partial charge is 0.258 e. The van der Waals surface area contributed by atoms with Crippen molar-refractivity contribution >= 4 is 11.8 Å². The van der Waals surface area contributed by atoms with Gasteiger partial charge in [0.05, 0.1) is 0 Å². The number of nitrogens with zero attached hydrogens (tertiary/aromatic N) is 1. The van der Waals surface area contributed by atoms with Crippen molar-refractivity contribution in [2.45, 2.75) is 37.7 Å². The van der Waals surface area contributed by atoms with Crippen molar-refractivity contribution in [3.8, 4) is 0 Å². The van der Waals surface area contributed by atoms with Crippen LogP contribution >= 0.6 is 0 Å². The van der Waals surface area contributed by atoms with E-state index in [9.17, 15) is 19.1 Å². The molecule has 2 aliphatic rings. The molecule has 1 spiro atoms. The summed E-state index contributed by atoms with van der Waals surface area (Å²) in [6, 6.07) is 15.4. The lowest BCUT2D eigenvalue weighted by Crippen LogP contribution is -2.55. The molecule has 2 aliphatic heterocycles. The van der Waals surface area contributed by atoms with Crippen LogP contribution in [-0.2, 0) is 15.2 Å². The van der Waals surface area contributed by atoms with Gasteiger partial charge < -0.3 is 15.3 Å². The van der Waals surface area contributed by atoms with Crippen molar-refractivity contribution in [1.29, 1.82) is 0 Å². The van der Waals surface area contributed by atoms with Gasteiger partial charge in [-0.05, 0) is 48.4 Å². The second kappa shape index (κ2) is 7.84. The fourth-order valence-corrected chi connectivity index (χ4v) is 4.98. The lowest BCUT2D eigenvalue weighted by Gasteiger charge is -2.49. The van der Waals surface area contributed by atoms with Crippen LogP contribution in [-0.4, -0.2) is 41.5 Å². The maximum atomic E-state index is 13.4. The molecule has 4 rings (SSSR count). The molecule has 158 valence electrons. The van der Waals surface area contributed by atoms with E-state index in [1.165, 1.54) is 19.1 Å². The summed E-state index contributed by atoms with van der Waals surface area (Å²) >= 11 is 0. The standard InChI is InChI=1S/C24H27FN2O3/c1-23(30,18-5-3-2-4-6-18)22(29)27-13-11-24(12-14-27)15-21(28)26-16-20(24)17-7-9-19(25)10-8-17/h2-10,20,30H,11-16H2,1H3,(H,26,28). The molecule has 2 saturated heterocycles. The minimum atomic E-state index is -1.59. The highest BCUT2D eigenvalue weighted by Gasteiger charge is 2.48. The van der Waals surface area contributed by atoms with E-state index in [4.69, 9.17) is 0 Å². The number of hydrogen-bond donors (Lipinski definition) is 2. The molecule has 6 heteroatoms. The Morgan fingerprint density at radius 2 is 1.77 bits per heavy atom. The lowest BCUT2D eigenvalue weighted by molar-refractivity contribution is -0.154. The average molecular weight is 410 g/mol. The molecule has 2 N–H and O–H groups in total. The number of piperidine rings is 2. The first-order chi connectivity index (χ1) is 14.3. The van der Waals surface area contributed by atoms with Crippen molar-refractivity contribution in [1.82, 2.24) is 10.2 Å². The maximum absolute atomic E-state index is 13.4. The molecule has 0 aliphatic carbocycles. The highest BCUT2D eigenvalue weighted by molar-refractivity contribution is 5.86. The molecular weight excluding hydrogens is 383 g/mol. The Hall–Kier alpha value is -2.73. The molecule has 0 radical (unpaired) electrons. The monoisotopic (exact) mass is 410 g/mol. The van der Waals surface area contributed by atoms with Gasteiger partial charge in [-0.25, -0.2) is 4.39 Å². The van der Waals surface area contributed by atoms with E-state index in [0.717, 1.165) is 5.56 Å². The van der Waals surface area contributed by atoms with E-state index in [-0.39, 0.29) is 29.0 Å². The molecular formula is C24H27FN2O3. The summed E-state index contributed by atoms with van der Waals surface area (Å²) in [5.74, 6) is -0.509. The fraction of sp³-hybridized carbons (Fsp3) is 0.417. The van der Waals surface area contributed by atoms with E-state index < -0.39 is 5.60 Å². The van der Waals surface area contributed by atoms with Crippen LogP contribution in [0, 0.1) is 11.2 Å². The van der Waals surface area contributed by atoms with Gasteiger partial charge in [0.25, 0.3) is 5.91 Å². The SMILES string of the molecule is CC(O)(C(=O)N1CCC2(CC1)CC(=O)NCC2c1ccc(F)cc1)c1ccccc1. The molecule has 5 nitrogen and oxygen atoms in total. The van der Waals surface area contributed by atoms with Crippen LogP contribution in [0.25, 0.3) is 0 Å². The van der Waals surface area contributed by atoms with Gasteiger partial charge in [-0.3, -0.25) is 9.59 Å². The number of rotatable bonds is 3. The predicted molar refractivity (Wildman–Crippen MR) is 111 cm³/mol. The van der Waals surface area contributed by atoms with Crippen LogP contribution in [0.5, 0.6) is 0 Å². The largest absolute Gasteiger partial charge is 0.376 e. The zero-order valence-electron chi connectivity index (χ0n) is 17.1. The molecule has 2 heterocycles. The Kier molecular flexibility index (Phi) is 5.36. The summed E-state index contributed by atoms with van der Waals surface area (Å²) in [4.78, 5) is 27.0. The Morgan fingerprint density at radius 3 is 2.40 bits per heavy atom. The van der Waals surface area contributed by atoms with Crippen LogP contribution in [0.1, 0.15) is 43.2 Å². The Balaban J connectivity index is 1.53. The van der Waals surface area contributed by atoms with Crippen molar-refractivity contribution in [3.63, 3.8) is 0 Å².